The van der Waals surface area contributed by atoms with Gasteiger partial charge in [-0.3, -0.25) is 14.4 Å². The van der Waals surface area contributed by atoms with Crippen LogP contribution in [0.2, 0.25) is 0 Å². The van der Waals surface area contributed by atoms with Crippen LogP contribution in [0.3, 0.4) is 0 Å². The molecule has 0 aliphatic carbocycles. The number of allylic oxidation sites excluding steroid dienone is 16. The lowest BCUT2D eigenvalue weighted by Gasteiger charge is -2.18. The fourth-order valence-electron chi connectivity index (χ4n) is 8.79. The van der Waals surface area contributed by atoms with E-state index >= 15 is 0 Å². The van der Waals surface area contributed by atoms with Crippen molar-refractivity contribution in [1.29, 1.82) is 0 Å². The van der Waals surface area contributed by atoms with Crippen molar-refractivity contribution in [1.82, 2.24) is 0 Å². The van der Waals surface area contributed by atoms with E-state index in [9.17, 15) is 14.4 Å². The van der Waals surface area contributed by atoms with Crippen LogP contribution in [0, 0.1) is 0 Å². The van der Waals surface area contributed by atoms with Crippen molar-refractivity contribution in [2.24, 2.45) is 0 Å². The van der Waals surface area contributed by atoms with Gasteiger partial charge in [0.15, 0.2) is 6.10 Å². The number of ether oxygens (including phenoxy) is 3. The fourth-order valence-corrected chi connectivity index (χ4v) is 8.79. The molecule has 0 aromatic heterocycles. The molecule has 0 fully saturated rings. The molecule has 0 saturated carbocycles. The monoisotopic (exact) mass is 1040 g/mol. The Labute approximate surface area is 464 Å². The highest BCUT2D eigenvalue weighted by atomic mass is 16.6. The molecule has 0 aromatic rings. The summed E-state index contributed by atoms with van der Waals surface area (Å²) in [5, 5.41) is 0. The van der Waals surface area contributed by atoms with Crippen molar-refractivity contribution >= 4 is 17.9 Å². The van der Waals surface area contributed by atoms with Crippen molar-refractivity contribution in [3.8, 4) is 0 Å². The first kappa shape index (κ1) is 71.3. The highest BCUT2D eigenvalue weighted by molar-refractivity contribution is 5.71. The van der Waals surface area contributed by atoms with E-state index in [0.29, 0.717) is 19.3 Å². The number of hydrogen-bond acceptors (Lipinski definition) is 6. The summed E-state index contributed by atoms with van der Waals surface area (Å²) in [7, 11) is 0. The van der Waals surface area contributed by atoms with Crippen LogP contribution in [0.5, 0.6) is 0 Å². The van der Waals surface area contributed by atoms with Crippen LogP contribution in [-0.2, 0) is 28.6 Å². The van der Waals surface area contributed by atoms with E-state index in [4.69, 9.17) is 14.2 Å². The second kappa shape index (κ2) is 62.9. The molecular formula is C69H118O6. The average Bonchev–Trinajstić information content (AvgIpc) is 3.41. The normalized spacial score (nSPS) is 12.7. The van der Waals surface area contributed by atoms with Gasteiger partial charge in [-0.15, -0.1) is 0 Å². The number of hydrogen-bond donors (Lipinski definition) is 0. The summed E-state index contributed by atoms with van der Waals surface area (Å²) >= 11 is 0. The molecule has 0 aliphatic heterocycles. The molecule has 6 heteroatoms. The molecule has 0 amide bonds. The zero-order valence-corrected chi connectivity index (χ0v) is 49.3. The van der Waals surface area contributed by atoms with E-state index in [1.807, 2.05) is 0 Å². The van der Waals surface area contributed by atoms with E-state index in [-0.39, 0.29) is 31.1 Å². The lowest BCUT2D eigenvalue weighted by molar-refractivity contribution is -0.167. The van der Waals surface area contributed by atoms with Gasteiger partial charge in [0.25, 0.3) is 0 Å². The zero-order valence-electron chi connectivity index (χ0n) is 49.3. The van der Waals surface area contributed by atoms with E-state index in [1.54, 1.807) is 0 Å². The maximum absolute atomic E-state index is 12.9. The van der Waals surface area contributed by atoms with Crippen molar-refractivity contribution in [3.63, 3.8) is 0 Å². The molecule has 6 nitrogen and oxygen atoms in total. The van der Waals surface area contributed by atoms with E-state index in [0.717, 1.165) is 122 Å². The first-order valence-electron chi connectivity index (χ1n) is 31.7. The largest absolute Gasteiger partial charge is 0.462 e. The fraction of sp³-hybridized carbons (Fsp3) is 0.725. The van der Waals surface area contributed by atoms with Crippen LogP contribution < -0.4 is 0 Å². The molecule has 430 valence electrons. The second-order valence-electron chi connectivity index (χ2n) is 20.9. The Balaban J connectivity index is 4.44. The van der Waals surface area contributed by atoms with Gasteiger partial charge in [0.2, 0.25) is 0 Å². The summed E-state index contributed by atoms with van der Waals surface area (Å²) in [6.07, 6.45) is 84.0. The lowest BCUT2D eigenvalue weighted by atomic mass is 10.1. The highest BCUT2D eigenvalue weighted by Crippen LogP contribution is 2.15. The van der Waals surface area contributed by atoms with Crippen LogP contribution >= 0.6 is 0 Å². The smallest absolute Gasteiger partial charge is 0.306 e. The lowest BCUT2D eigenvalue weighted by Crippen LogP contribution is -2.30. The van der Waals surface area contributed by atoms with Gasteiger partial charge in [0.1, 0.15) is 13.2 Å². The van der Waals surface area contributed by atoms with Crippen LogP contribution in [-0.4, -0.2) is 37.2 Å². The predicted molar refractivity (Wildman–Crippen MR) is 325 cm³/mol. The molecule has 0 spiro atoms. The quantitative estimate of drug-likeness (QED) is 0.0261. The Morgan fingerprint density at radius 2 is 0.520 bits per heavy atom. The van der Waals surface area contributed by atoms with Crippen LogP contribution in [0.1, 0.15) is 303 Å². The number of rotatable bonds is 57. The van der Waals surface area contributed by atoms with Crippen molar-refractivity contribution < 1.29 is 28.6 Å². The highest BCUT2D eigenvalue weighted by Gasteiger charge is 2.19. The third-order valence-corrected chi connectivity index (χ3v) is 13.5. The van der Waals surface area contributed by atoms with Gasteiger partial charge >= 0.3 is 17.9 Å². The van der Waals surface area contributed by atoms with Gasteiger partial charge in [-0.1, -0.05) is 259 Å². The van der Waals surface area contributed by atoms with Crippen molar-refractivity contribution in [3.05, 3.63) is 97.2 Å². The summed E-state index contributed by atoms with van der Waals surface area (Å²) in [5.74, 6) is -0.911. The zero-order chi connectivity index (χ0) is 54.3. The van der Waals surface area contributed by atoms with Gasteiger partial charge in [-0.25, -0.2) is 0 Å². The molecule has 1 unspecified atom stereocenters. The molecule has 0 aromatic carbocycles. The van der Waals surface area contributed by atoms with Crippen molar-refractivity contribution in [2.75, 3.05) is 13.2 Å². The van der Waals surface area contributed by atoms with E-state index < -0.39 is 6.10 Å². The molecular weight excluding hydrogens is 925 g/mol. The average molecular weight is 1040 g/mol. The topological polar surface area (TPSA) is 78.9 Å². The first-order chi connectivity index (χ1) is 37.0. The van der Waals surface area contributed by atoms with Gasteiger partial charge in [-0.2, -0.15) is 0 Å². The van der Waals surface area contributed by atoms with E-state index in [2.05, 4.69) is 118 Å². The van der Waals surface area contributed by atoms with Gasteiger partial charge in [0, 0.05) is 19.3 Å². The SMILES string of the molecule is CC/C=C\C/C=C\C/C=C\C/C=C\C/C=C\CCCCCCCC(=O)OCC(COC(=O)CCCCCCCCC/C=C\CCCCCCCCC)OC(=O)CCCCCCCCC/C=C\C/C=C\CCCCCC. The number of carbonyl (C=O) groups excluding carboxylic acids is 3. The van der Waals surface area contributed by atoms with Gasteiger partial charge < -0.3 is 14.2 Å². The Morgan fingerprint density at radius 3 is 0.840 bits per heavy atom. The minimum absolute atomic E-state index is 0.0890. The molecule has 75 heavy (non-hydrogen) atoms. The third kappa shape index (κ3) is 61.1. The number of carbonyl (C=O) groups is 3. The maximum atomic E-state index is 12.9. The summed E-state index contributed by atoms with van der Waals surface area (Å²) in [6.45, 7) is 6.51. The molecule has 1 atom stereocenters. The Morgan fingerprint density at radius 1 is 0.280 bits per heavy atom. The summed E-state index contributed by atoms with van der Waals surface area (Å²) in [6, 6.07) is 0. The first-order valence-corrected chi connectivity index (χ1v) is 31.7. The predicted octanol–water partition coefficient (Wildman–Crippen LogP) is 21.7. The molecule has 0 rings (SSSR count). The Hall–Kier alpha value is -3.67. The van der Waals surface area contributed by atoms with Crippen LogP contribution in [0.25, 0.3) is 0 Å². The second-order valence-corrected chi connectivity index (χ2v) is 20.9. The van der Waals surface area contributed by atoms with Crippen molar-refractivity contribution in [2.45, 2.75) is 309 Å². The Kier molecular flexibility index (Phi) is 59.8. The minimum atomic E-state index is -0.794. The number of unbranched alkanes of at least 4 members (excludes halogenated alkanes) is 30. The van der Waals surface area contributed by atoms with E-state index in [1.165, 1.54) is 141 Å². The molecule has 0 radical (unpaired) electrons. The molecule has 0 aliphatic rings. The van der Waals surface area contributed by atoms with Gasteiger partial charge in [-0.05, 0) is 122 Å². The summed E-state index contributed by atoms with van der Waals surface area (Å²) in [5.41, 5.74) is 0. The standard InChI is InChI=1S/C69H118O6/c1-4-7-10-13-16-19-22-25-28-31-34-35-36-39-41-44-47-50-53-56-59-62-68(71)74-65-66(75-69(72)63-60-57-54-51-48-45-42-38-33-30-27-24-21-18-15-12-9-6-3)64-73-67(70)61-58-55-52-49-46-43-40-37-32-29-26-23-20-17-14-11-8-5-2/h7,10,16,19,21,24-25,28-30,32-35,39,41,66H,4-6,8-9,11-15,17-18,20,22-23,26-27,31,36-38,40,42-65H2,1-3H3/b10-7-,19-16-,24-21-,28-25-,32-29-,33-30-,35-34-,41-39-. The number of esters is 3. The van der Waals surface area contributed by atoms with Crippen LogP contribution in [0.15, 0.2) is 97.2 Å². The van der Waals surface area contributed by atoms with Gasteiger partial charge in [0.05, 0.1) is 0 Å². The molecule has 0 N–H and O–H groups in total. The molecule has 0 bridgehead atoms. The summed E-state index contributed by atoms with van der Waals surface area (Å²) in [4.78, 5) is 38.3. The summed E-state index contributed by atoms with van der Waals surface area (Å²) < 4.78 is 16.9. The van der Waals surface area contributed by atoms with Crippen LogP contribution in [0.4, 0.5) is 0 Å². The maximum Gasteiger partial charge on any atom is 0.306 e. The molecule has 0 heterocycles. The minimum Gasteiger partial charge on any atom is -0.462 e. The Bertz CT molecular complexity index is 1480. The molecule has 0 saturated heterocycles. The third-order valence-electron chi connectivity index (χ3n) is 13.5.